The van der Waals surface area contributed by atoms with Crippen molar-refractivity contribution in [3.8, 4) is 5.75 Å². The number of ether oxygens (including phenoxy) is 1. The Morgan fingerprint density at radius 3 is 2.63 bits per heavy atom. The van der Waals surface area contributed by atoms with Gasteiger partial charge < -0.3 is 9.84 Å². The number of hydrogen-bond acceptors (Lipinski definition) is 4. The summed E-state index contributed by atoms with van der Waals surface area (Å²) in [6.45, 7) is 3.62. The smallest absolute Gasteiger partial charge is 0.332 e. The molecule has 0 fully saturated rings. The largest absolute Gasteiger partial charge is 0.493 e. The van der Waals surface area contributed by atoms with Gasteiger partial charge in [-0.2, -0.15) is 0 Å². The second-order valence-electron chi connectivity index (χ2n) is 4.05. The van der Waals surface area contributed by atoms with Crippen molar-refractivity contribution in [1.82, 2.24) is 5.48 Å². The minimum absolute atomic E-state index is 0.0898. The fourth-order valence-electron chi connectivity index (χ4n) is 1.29. The zero-order chi connectivity index (χ0) is 14.3. The molecule has 1 aromatic rings. The van der Waals surface area contributed by atoms with Crippen LogP contribution >= 0.6 is 0 Å². The summed E-state index contributed by atoms with van der Waals surface area (Å²) in [4.78, 5) is 25.8. The molecule has 0 aromatic heterocycles. The third-order valence-corrected chi connectivity index (χ3v) is 2.46. The standard InChI is InChI=1S/C13H17NO5/c1-9-3-4-11(7-10(9)2)18-6-5-12(15)14-19-8-13(16)17/h3-4,7H,5-6,8H2,1-2H3,(H,14,15)(H,16,17). The number of aliphatic carboxylic acids is 1. The third kappa shape index (κ3) is 5.87. The quantitative estimate of drug-likeness (QED) is 0.725. The molecule has 0 aliphatic rings. The van der Waals surface area contributed by atoms with Crippen molar-refractivity contribution in [2.24, 2.45) is 0 Å². The van der Waals surface area contributed by atoms with Gasteiger partial charge in [-0.1, -0.05) is 6.07 Å². The van der Waals surface area contributed by atoms with Gasteiger partial charge >= 0.3 is 5.97 Å². The van der Waals surface area contributed by atoms with Gasteiger partial charge in [-0.3, -0.25) is 9.63 Å². The second kappa shape index (κ2) is 7.38. The van der Waals surface area contributed by atoms with E-state index in [1.54, 1.807) is 0 Å². The lowest BCUT2D eigenvalue weighted by atomic mass is 10.1. The maximum Gasteiger partial charge on any atom is 0.332 e. The molecular formula is C13H17NO5. The monoisotopic (exact) mass is 267 g/mol. The van der Waals surface area contributed by atoms with Crippen LogP contribution in [0.4, 0.5) is 0 Å². The number of carboxylic acids is 1. The first-order valence-electron chi connectivity index (χ1n) is 5.81. The SMILES string of the molecule is Cc1ccc(OCCC(=O)NOCC(=O)O)cc1C. The van der Waals surface area contributed by atoms with Crippen LogP contribution in [0.25, 0.3) is 0 Å². The lowest BCUT2D eigenvalue weighted by Gasteiger charge is -2.08. The van der Waals surface area contributed by atoms with Gasteiger partial charge in [0.25, 0.3) is 0 Å². The third-order valence-electron chi connectivity index (χ3n) is 2.46. The van der Waals surface area contributed by atoms with Crippen molar-refractivity contribution < 1.29 is 24.3 Å². The highest BCUT2D eigenvalue weighted by atomic mass is 16.7. The fraction of sp³-hybridized carbons (Fsp3) is 0.385. The highest BCUT2D eigenvalue weighted by Gasteiger charge is 2.04. The lowest BCUT2D eigenvalue weighted by molar-refractivity contribution is -0.149. The Bertz CT molecular complexity index is 458. The number of carbonyl (C=O) groups is 2. The van der Waals surface area contributed by atoms with E-state index in [-0.39, 0.29) is 13.0 Å². The molecule has 1 rings (SSSR count). The maximum absolute atomic E-state index is 11.2. The molecular weight excluding hydrogens is 250 g/mol. The summed E-state index contributed by atoms with van der Waals surface area (Å²) in [5, 5.41) is 8.30. The second-order valence-corrected chi connectivity index (χ2v) is 4.05. The number of rotatable bonds is 7. The van der Waals surface area contributed by atoms with Crippen molar-refractivity contribution in [3.05, 3.63) is 29.3 Å². The molecule has 0 spiro atoms. The van der Waals surface area contributed by atoms with Crippen molar-refractivity contribution in [1.29, 1.82) is 0 Å². The van der Waals surface area contributed by atoms with Crippen LogP contribution in [-0.2, 0) is 14.4 Å². The minimum Gasteiger partial charge on any atom is -0.493 e. The summed E-state index contributed by atoms with van der Waals surface area (Å²) < 4.78 is 5.41. The zero-order valence-electron chi connectivity index (χ0n) is 10.9. The summed E-state index contributed by atoms with van der Waals surface area (Å²) in [6.07, 6.45) is 0.0898. The number of amides is 1. The molecule has 0 saturated heterocycles. The Morgan fingerprint density at radius 1 is 1.26 bits per heavy atom. The van der Waals surface area contributed by atoms with Crippen LogP contribution in [0, 0.1) is 13.8 Å². The van der Waals surface area contributed by atoms with E-state index in [1.165, 1.54) is 5.56 Å². The number of benzene rings is 1. The number of carboxylic acid groups (broad SMARTS) is 1. The van der Waals surface area contributed by atoms with Gasteiger partial charge in [0.2, 0.25) is 5.91 Å². The van der Waals surface area contributed by atoms with E-state index in [2.05, 4.69) is 4.84 Å². The Kier molecular flexibility index (Phi) is 5.81. The van der Waals surface area contributed by atoms with E-state index in [9.17, 15) is 9.59 Å². The van der Waals surface area contributed by atoms with Crippen LogP contribution in [0.2, 0.25) is 0 Å². The van der Waals surface area contributed by atoms with E-state index < -0.39 is 18.5 Å². The van der Waals surface area contributed by atoms with E-state index in [4.69, 9.17) is 9.84 Å². The highest BCUT2D eigenvalue weighted by molar-refractivity contribution is 5.75. The lowest BCUT2D eigenvalue weighted by Crippen LogP contribution is -2.27. The number of hydrogen-bond donors (Lipinski definition) is 2. The molecule has 0 unspecified atom stereocenters. The Labute approximate surface area is 111 Å². The highest BCUT2D eigenvalue weighted by Crippen LogP contribution is 2.16. The molecule has 104 valence electrons. The van der Waals surface area contributed by atoms with Crippen molar-refractivity contribution >= 4 is 11.9 Å². The van der Waals surface area contributed by atoms with Gasteiger partial charge in [0.05, 0.1) is 13.0 Å². The first-order chi connectivity index (χ1) is 8.99. The Balaban J connectivity index is 2.24. The predicted molar refractivity (Wildman–Crippen MR) is 67.8 cm³/mol. The molecule has 0 atom stereocenters. The molecule has 6 heteroatoms. The normalized spacial score (nSPS) is 10.0. The van der Waals surface area contributed by atoms with Crippen LogP contribution in [-0.4, -0.2) is 30.2 Å². The summed E-state index contributed by atoms with van der Waals surface area (Å²) in [5.74, 6) is -0.876. The van der Waals surface area contributed by atoms with Crippen molar-refractivity contribution in [3.63, 3.8) is 0 Å². The molecule has 0 saturated carbocycles. The maximum atomic E-state index is 11.2. The van der Waals surface area contributed by atoms with Gasteiger partial charge in [-0.25, -0.2) is 10.3 Å². The minimum atomic E-state index is -1.15. The fourth-order valence-corrected chi connectivity index (χ4v) is 1.29. The van der Waals surface area contributed by atoms with Crippen LogP contribution in [0.3, 0.4) is 0 Å². The van der Waals surface area contributed by atoms with Crippen LogP contribution in [0.1, 0.15) is 17.5 Å². The van der Waals surface area contributed by atoms with E-state index in [1.807, 2.05) is 37.5 Å². The summed E-state index contributed by atoms with van der Waals surface area (Å²) >= 11 is 0. The molecule has 0 radical (unpaired) electrons. The van der Waals surface area contributed by atoms with Crippen LogP contribution < -0.4 is 10.2 Å². The molecule has 0 aliphatic carbocycles. The first kappa shape index (κ1) is 15.0. The van der Waals surface area contributed by atoms with Crippen LogP contribution in [0.15, 0.2) is 18.2 Å². The van der Waals surface area contributed by atoms with E-state index >= 15 is 0 Å². The Hall–Kier alpha value is -2.08. The average Bonchev–Trinajstić information content (AvgIpc) is 2.33. The van der Waals surface area contributed by atoms with Gasteiger partial charge in [-0.05, 0) is 37.1 Å². The topological polar surface area (TPSA) is 84.9 Å². The summed E-state index contributed by atoms with van der Waals surface area (Å²) in [5.41, 5.74) is 4.31. The number of carbonyl (C=O) groups excluding carboxylic acids is 1. The van der Waals surface area contributed by atoms with Crippen molar-refractivity contribution in [2.45, 2.75) is 20.3 Å². The first-order valence-corrected chi connectivity index (χ1v) is 5.81. The van der Waals surface area contributed by atoms with Gasteiger partial charge in [-0.15, -0.1) is 0 Å². The predicted octanol–water partition coefficient (Wildman–Crippen LogP) is 1.20. The van der Waals surface area contributed by atoms with Crippen molar-refractivity contribution in [2.75, 3.05) is 13.2 Å². The molecule has 6 nitrogen and oxygen atoms in total. The molecule has 2 N–H and O–H groups in total. The molecule has 0 heterocycles. The molecule has 19 heavy (non-hydrogen) atoms. The van der Waals surface area contributed by atoms with Gasteiger partial charge in [0.15, 0.2) is 6.61 Å². The number of aryl methyl sites for hydroxylation is 2. The summed E-state index contributed by atoms with van der Waals surface area (Å²) in [6, 6.07) is 5.68. The zero-order valence-corrected chi connectivity index (χ0v) is 10.9. The molecule has 1 amide bonds. The molecule has 0 aliphatic heterocycles. The Morgan fingerprint density at radius 2 is 2.00 bits per heavy atom. The van der Waals surface area contributed by atoms with Gasteiger partial charge in [0, 0.05) is 0 Å². The molecule has 1 aromatic carbocycles. The molecule has 0 bridgehead atoms. The van der Waals surface area contributed by atoms with E-state index in [0.717, 1.165) is 5.56 Å². The summed E-state index contributed by atoms with van der Waals surface area (Å²) in [7, 11) is 0. The van der Waals surface area contributed by atoms with Crippen LogP contribution in [0.5, 0.6) is 5.75 Å². The number of nitrogens with one attached hydrogen (secondary N) is 1. The number of hydroxylamine groups is 1. The average molecular weight is 267 g/mol. The van der Waals surface area contributed by atoms with E-state index in [0.29, 0.717) is 5.75 Å². The van der Waals surface area contributed by atoms with Gasteiger partial charge in [0.1, 0.15) is 5.75 Å².